The lowest BCUT2D eigenvalue weighted by atomic mass is 10.1. The topological polar surface area (TPSA) is 83.0 Å². The molecule has 0 amide bonds. The molecule has 94 valence electrons. The van der Waals surface area contributed by atoms with Crippen molar-refractivity contribution in [2.45, 2.75) is 0 Å². The molecule has 2 heterocycles. The van der Waals surface area contributed by atoms with Gasteiger partial charge in [0.05, 0.1) is 21.4 Å². The van der Waals surface area contributed by atoms with Crippen LogP contribution in [-0.2, 0) is 0 Å². The minimum Gasteiger partial charge on any atom is -0.477 e. The summed E-state index contributed by atoms with van der Waals surface area (Å²) in [7, 11) is 0. The van der Waals surface area contributed by atoms with Gasteiger partial charge in [-0.25, -0.2) is 4.79 Å². The van der Waals surface area contributed by atoms with Crippen LogP contribution in [0.1, 0.15) is 10.4 Å². The summed E-state index contributed by atoms with van der Waals surface area (Å²) in [5.41, 5.74) is 0.0672. The average Bonchev–Trinajstić information content (AvgIpc) is 2.38. The Kier molecular flexibility index (Phi) is 2.50. The van der Waals surface area contributed by atoms with Crippen LogP contribution in [0, 0.1) is 0 Å². The summed E-state index contributed by atoms with van der Waals surface area (Å²) in [4.78, 5) is 30.1. The molecule has 0 bridgehead atoms. The van der Waals surface area contributed by atoms with E-state index in [-0.39, 0.29) is 16.0 Å². The molecular formula is C13H7ClN2O3. The van der Waals surface area contributed by atoms with E-state index in [2.05, 4.69) is 9.97 Å². The molecule has 3 rings (SSSR count). The fourth-order valence-corrected chi connectivity index (χ4v) is 2.35. The Morgan fingerprint density at radius 3 is 2.95 bits per heavy atom. The number of carboxylic acids is 1. The van der Waals surface area contributed by atoms with Crippen molar-refractivity contribution in [3.8, 4) is 0 Å². The SMILES string of the molecule is O=C(O)c1c[nH]c2c(c(Cl)cc3cccnc32)c1=O. The van der Waals surface area contributed by atoms with Crippen molar-refractivity contribution in [3.05, 3.63) is 51.4 Å². The number of halogens is 1. The highest BCUT2D eigenvalue weighted by Gasteiger charge is 2.16. The Hall–Kier alpha value is -2.40. The fourth-order valence-electron chi connectivity index (χ4n) is 2.06. The number of aromatic amines is 1. The van der Waals surface area contributed by atoms with Crippen LogP contribution in [0.3, 0.4) is 0 Å². The number of nitrogens with zero attached hydrogens (tertiary/aromatic N) is 1. The Bertz CT molecular complexity index is 886. The van der Waals surface area contributed by atoms with Gasteiger partial charge in [-0.3, -0.25) is 9.78 Å². The van der Waals surface area contributed by atoms with Crippen LogP contribution < -0.4 is 5.43 Å². The first-order chi connectivity index (χ1) is 9.09. The molecule has 2 N–H and O–H groups in total. The van der Waals surface area contributed by atoms with Gasteiger partial charge in [0.2, 0.25) is 5.43 Å². The van der Waals surface area contributed by atoms with Crippen LogP contribution >= 0.6 is 11.6 Å². The molecule has 0 radical (unpaired) electrons. The van der Waals surface area contributed by atoms with E-state index in [0.29, 0.717) is 11.0 Å². The molecule has 0 aliphatic carbocycles. The van der Waals surface area contributed by atoms with E-state index < -0.39 is 11.4 Å². The smallest absolute Gasteiger partial charge is 0.341 e. The van der Waals surface area contributed by atoms with E-state index >= 15 is 0 Å². The first kappa shape index (κ1) is 11.7. The average molecular weight is 275 g/mol. The second kappa shape index (κ2) is 4.07. The Morgan fingerprint density at radius 1 is 1.42 bits per heavy atom. The lowest BCUT2D eigenvalue weighted by Crippen LogP contribution is -2.15. The lowest BCUT2D eigenvalue weighted by molar-refractivity contribution is 0.0695. The summed E-state index contributed by atoms with van der Waals surface area (Å²) in [6, 6.07) is 5.18. The minimum atomic E-state index is -1.29. The number of pyridine rings is 2. The molecule has 0 aliphatic heterocycles. The van der Waals surface area contributed by atoms with E-state index in [9.17, 15) is 9.59 Å². The summed E-state index contributed by atoms with van der Waals surface area (Å²) in [5.74, 6) is -1.29. The monoisotopic (exact) mass is 274 g/mol. The van der Waals surface area contributed by atoms with Crippen LogP contribution in [0.15, 0.2) is 35.4 Å². The van der Waals surface area contributed by atoms with Gasteiger partial charge in [-0.05, 0) is 12.1 Å². The van der Waals surface area contributed by atoms with Gasteiger partial charge in [-0.15, -0.1) is 0 Å². The molecule has 0 fully saturated rings. The predicted molar refractivity (Wildman–Crippen MR) is 71.8 cm³/mol. The van der Waals surface area contributed by atoms with Crippen LogP contribution in [0.2, 0.25) is 5.02 Å². The van der Waals surface area contributed by atoms with Crippen molar-refractivity contribution in [1.29, 1.82) is 0 Å². The molecule has 0 atom stereocenters. The minimum absolute atomic E-state index is 0.146. The summed E-state index contributed by atoms with van der Waals surface area (Å²) in [5, 5.41) is 10.1. The molecule has 0 spiro atoms. The molecule has 0 saturated carbocycles. The standard InChI is InChI=1S/C13H7ClN2O3/c14-8-4-6-2-1-3-15-10(6)11-9(8)12(17)7(5-16-11)13(18)19/h1-5H,(H,16,17)(H,18,19). The van der Waals surface area contributed by atoms with Crippen molar-refractivity contribution >= 4 is 39.4 Å². The van der Waals surface area contributed by atoms with Crippen molar-refractivity contribution in [2.24, 2.45) is 0 Å². The van der Waals surface area contributed by atoms with Crippen LogP contribution in [0.5, 0.6) is 0 Å². The Labute approximate surface area is 111 Å². The van der Waals surface area contributed by atoms with Gasteiger partial charge in [0, 0.05) is 17.8 Å². The van der Waals surface area contributed by atoms with Crippen molar-refractivity contribution in [1.82, 2.24) is 9.97 Å². The van der Waals surface area contributed by atoms with E-state index in [1.54, 1.807) is 18.3 Å². The van der Waals surface area contributed by atoms with Gasteiger partial charge in [-0.1, -0.05) is 17.7 Å². The number of carbonyl (C=O) groups is 1. The highest BCUT2D eigenvalue weighted by Crippen LogP contribution is 2.27. The molecule has 5 nitrogen and oxygen atoms in total. The second-order valence-electron chi connectivity index (χ2n) is 4.02. The number of hydrogen-bond acceptors (Lipinski definition) is 3. The van der Waals surface area contributed by atoms with Gasteiger partial charge < -0.3 is 10.1 Å². The van der Waals surface area contributed by atoms with Crippen molar-refractivity contribution in [2.75, 3.05) is 0 Å². The molecule has 0 aliphatic rings. The quantitative estimate of drug-likeness (QED) is 0.668. The van der Waals surface area contributed by atoms with E-state index in [4.69, 9.17) is 16.7 Å². The maximum absolute atomic E-state index is 12.1. The number of fused-ring (bicyclic) bond motifs is 3. The molecule has 0 unspecified atom stereocenters. The van der Waals surface area contributed by atoms with Crippen LogP contribution in [0.25, 0.3) is 21.8 Å². The highest BCUT2D eigenvalue weighted by molar-refractivity contribution is 6.37. The molecule has 3 aromatic rings. The largest absolute Gasteiger partial charge is 0.477 e. The number of hydrogen-bond donors (Lipinski definition) is 2. The van der Waals surface area contributed by atoms with Gasteiger partial charge >= 0.3 is 5.97 Å². The summed E-state index contributed by atoms with van der Waals surface area (Å²) < 4.78 is 0. The third-order valence-electron chi connectivity index (χ3n) is 2.91. The van der Waals surface area contributed by atoms with E-state index in [1.807, 2.05) is 6.07 Å². The maximum Gasteiger partial charge on any atom is 0.341 e. The number of H-pyrrole nitrogens is 1. The van der Waals surface area contributed by atoms with Crippen molar-refractivity contribution < 1.29 is 9.90 Å². The zero-order valence-electron chi connectivity index (χ0n) is 9.48. The number of carboxylic acid groups (broad SMARTS) is 1. The van der Waals surface area contributed by atoms with E-state index in [0.717, 1.165) is 11.6 Å². The molecular weight excluding hydrogens is 268 g/mol. The lowest BCUT2D eigenvalue weighted by Gasteiger charge is -2.05. The molecule has 1 aromatic carbocycles. The van der Waals surface area contributed by atoms with Crippen LogP contribution in [-0.4, -0.2) is 21.0 Å². The number of nitrogens with one attached hydrogen (secondary N) is 1. The Balaban J connectivity index is 2.59. The maximum atomic E-state index is 12.1. The first-order valence-electron chi connectivity index (χ1n) is 5.41. The number of benzene rings is 1. The van der Waals surface area contributed by atoms with Gasteiger partial charge in [0.1, 0.15) is 5.56 Å². The molecule has 2 aromatic heterocycles. The van der Waals surface area contributed by atoms with Gasteiger partial charge in [-0.2, -0.15) is 0 Å². The summed E-state index contributed by atoms with van der Waals surface area (Å²) in [6.45, 7) is 0. The van der Waals surface area contributed by atoms with Gasteiger partial charge in [0.15, 0.2) is 0 Å². The zero-order valence-corrected chi connectivity index (χ0v) is 10.2. The van der Waals surface area contributed by atoms with Crippen molar-refractivity contribution in [3.63, 3.8) is 0 Å². The third-order valence-corrected chi connectivity index (χ3v) is 3.21. The molecule has 6 heteroatoms. The number of aromatic carboxylic acids is 1. The summed E-state index contributed by atoms with van der Waals surface area (Å²) in [6.07, 6.45) is 2.76. The molecule has 19 heavy (non-hydrogen) atoms. The van der Waals surface area contributed by atoms with Gasteiger partial charge in [0.25, 0.3) is 0 Å². The molecule has 0 saturated heterocycles. The zero-order chi connectivity index (χ0) is 13.6. The number of rotatable bonds is 1. The normalized spacial score (nSPS) is 11.0. The second-order valence-corrected chi connectivity index (χ2v) is 4.43. The van der Waals surface area contributed by atoms with Crippen LogP contribution in [0.4, 0.5) is 0 Å². The Morgan fingerprint density at radius 2 is 2.21 bits per heavy atom. The fraction of sp³-hybridized carbons (Fsp3) is 0. The van der Waals surface area contributed by atoms with E-state index in [1.165, 1.54) is 0 Å². The highest BCUT2D eigenvalue weighted by atomic mass is 35.5. The summed E-state index contributed by atoms with van der Waals surface area (Å²) >= 11 is 6.08. The first-order valence-corrected chi connectivity index (χ1v) is 5.79. The number of aromatic nitrogens is 2. The third kappa shape index (κ3) is 1.67. The predicted octanol–water partition coefficient (Wildman–Crippen LogP) is 2.43.